The van der Waals surface area contributed by atoms with Crippen LogP contribution in [0.5, 0.6) is 5.75 Å². The van der Waals surface area contributed by atoms with Crippen LogP contribution in [-0.4, -0.2) is 26.2 Å². The minimum absolute atomic E-state index is 0.0711. The van der Waals surface area contributed by atoms with Gasteiger partial charge in [-0.15, -0.1) is 0 Å². The van der Waals surface area contributed by atoms with E-state index in [0.29, 0.717) is 12.5 Å². The van der Waals surface area contributed by atoms with Crippen LogP contribution in [0, 0.1) is 5.92 Å². The van der Waals surface area contributed by atoms with Crippen LogP contribution in [0.25, 0.3) is 0 Å². The summed E-state index contributed by atoms with van der Waals surface area (Å²) in [6.45, 7) is 3.00. The van der Waals surface area contributed by atoms with Gasteiger partial charge < -0.3 is 15.4 Å². The number of hydrogen-bond donors (Lipinski definition) is 1. The quantitative estimate of drug-likeness (QED) is 0.895. The number of nitrogens with two attached hydrogens (primary N) is 1. The molecule has 0 aromatic heterocycles. The number of methoxy groups -OCH3 is 1. The number of ether oxygens (including phenoxy) is 1. The molecule has 20 heavy (non-hydrogen) atoms. The highest BCUT2D eigenvalue weighted by Gasteiger charge is 2.42. The van der Waals surface area contributed by atoms with Crippen molar-refractivity contribution in [2.24, 2.45) is 11.7 Å². The summed E-state index contributed by atoms with van der Waals surface area (Å²) in [6, 6.07) is 8.25. The molecule has 0 amide bonds. The normalized spacial score (nSPS) is 26.3. The van der Waals surface area contributed by atoms with Gasteiger partial charge in [0, 0.05) is 13.6 Å². The average molecular weight is 276 g/mol. The van der Waals surface area contributed by atoms with Crippen molar-refractivity contribution in [3.63, 3.8) is 0 Å². The summed E-state index contributed by atoms with van der Waals surface area (Å²) in [5.41, 5.74) is 7.48. The van der Waals surface area contributed by atoms with Crippen molar-refractivity contribution in [3.8, 4) is 5.75 Å². The number of anilines is 1. The van der Waals surface area contributed by atoms with E-state index in [9.17, 15) is 0 Å². The maximum absolute atomic E-state index is 6.25. The molecular formula is C17H28N2O. The summed E-state index contributed by atoms with van der Waals surface area (Å²) in [7, 11) is 3.92. The predicted octanol–water partition coefficient (Wildman–Crippen LogP) is 3.43. The maximum atomic E-state index is 6.25. The van der Waals surface area contributed by atoms with E-state index < -0.39 is 0 Å². The molecule has 3 nitrogen and oxygen atoms in total. The van der Waals surface area contributed by atoms with Gasteiger partial charge in [-0.25, -0.2) is 0 Å². The Morgan fingerprint density at radius 1 is 1.35 bits per heavy atom. The van der Waals surface area contributed by atoms with E-state index in [0.717, 1.165) is 11.4 Å². The Morgan fingerprint density at radius 2 is 2.10 bits per heavy atom. The zero-order chi connectivity index (χ0) is 14.6. The molecule has 0 heterocycles. The Bertz CT molecular complexity index is 435. The van der Waals surface area contributed by atoms with Gasteiger partial charge in [-0.1, -0.05) is 38.3 Å². The molecule has 1 aromatic carbocycles. The van der Waals surface area contributed by atoms with E-state index in [-0.39, 0.29) is 5.54 Å². The third-order valence-electron chi connectivity index (χ3n) is 5.13. The van der Waals surface area contributed by atoms with Crippen molar-refractivity contribution >= 4 is 5.69 Å². The second kappa shape index (κ2) is 6.49. The van der Waals surface area contributed by atoms with Crippen molar-refractivity contribution in [1.82, 2.24) is 0 Å². The van der Waals surface area contributed by atoms with Gasteiger partial charge in [0.15, 0.2) is 0 Å². The molecule has 0 spiro atoms. The summed E-state index contributed by atoms with van der Waals surface area (Å²) in [5.74, 6) is 1.60. The van der Waals surface area contributed by atoms with Crippen molar-refractivity contribution in [2.75, 3.05) is 25.6 Å². The molecule has 1 aliphatic rings. The molecule has 2 unspecified atom stereocenters. The first-order valence-electron chi connectivity index (χ1n) is 7.76. The smallest absolute Gasteiger partial charge is 0.142 e. The zero-order valence-corrected chi connectivity index (χ0v) is 13.1. The first-order valence-corrected chi connectivity index (χ1v) is 7.76. The standard InChI is InChI=1S/C17H28N2O/c1-4-14-9-7-8-12-17(14,13-18)19(2)15-10-5-6-11-16(15)20-3/h5-6,10-11,14H,4,7-9,12-13,18H2,1-3H3. The van der Waals surface area contributed by atoms with E-state index >= 15 is 0 Å². The number of benzene rings is 1. The van der Waals surface area contributed by atoms with Gasteiger partial charge in [0.05, 0.1) is 18.3 Å². The van der Waals surface area contributed by atoms with Gasteiger partial charge in [0.1, 0.15) is 5.75 Å². The van der Waals surface area contributed by atoms with E-state index in [1.807, 2.05) is 12.1 Å². The SMILES string of the molecule is CCC1CCCCC1(CN)N(C)c1ccccc1OC. The van der Waals surface area contributed by atoms with Crippen molar-refractivity contribution < 1.29 is 4.74 Å². The lowest BCUT2D eigenvalue weighted by molar-refractivity contribution is 0.182. The predicted molar refractivity (Wildman–Crippen MR) is 85.4 cm³/mol. The molecule has 1 fully saturated rings. The molecule has 0 radical (unpaired) electrons. The van der Waals surface area contributed by atoms with Crippen LogP contribution in [0.15, 0.2) is 24.3 Å². The number of rotatable bonds is 5. The van der Waals surface area contributed by atoms with Crippen LogP contribution in [0.2, 0.25) is 0 Å². The molecule has 0 aliphatic heterocycles. The number of nitrogens with zero attached hydrogens (tertiary/aromatic N) is 1. The fraction of sp³-hybridized carbons (Fsp3) is 0.647. The van der Waals surface area contributed by atoms with Crippen LogP contribution in [0.3, 0.4) is 0 Å². The zero-order valence-electron chi connectivity index (χ0n) is 13.1. The summed E-state index contributed by atoms with van der Waals surface area (Å²) in [4.78, 5) is 2.39. The Morgan fingerprint density at radius 3 is 2.75 bits per heavy atom. The van der Waals surface area contributed by atoms with E-state index in [1.54, 1.807) is 7.11 Å². The molecule has 1 aromatic rings. The fourth-order valence-electron chi connectivity index (χ4n) is 3.87. The second-order valence-electron chi connectivity index (χ2n) is 5.89. The molecule has 2 atom stereocenters. The Hall–Kier alpha value is -1.22. The molecule has 1 saturated carbocycles. The van der Waals surface area contributed by atoms with Gasteiger partial charge in [0.2, 0.25) is 0 Å². The number of hydrogen-bond acceptors (Lipinski definition) is 3. The maximum Gasteiger partial charge on any atom is 0.142 e. The fourth-order valence-corrected chi connectivity index (χ4v) is 3.87. The molecule has 1 aliphatic carbocycles. The molecule has 112 valence electrons. The van der Waals surface area contributed by atoms with Crippen LogP contribution in [-0.2, 0) is 0 Å². The highest BCUT2D eigenvalue weighted by Crippen LogP contribution is 2.43. The van der Waals surface area contributed by atoms with Gasteiger partial charge in [0.25, 0.3) is 0 Å². The summed E-state index contributed by atoms with van der Waals surface area (Å²) in [5, 5.41) is 0. The van der Waals surface area contributed by atoms with Crippen molar-refractivity contribution in [1.29, 1.82) is 0 Å². The van der Waals surface area contributed by atoms with Crippen molar-refractivity contribution in [2.45, 2.75) is 44.6 Å². The molecule has 0 bridgehead atoms. The third-order valence-corrected chi connectivity index (χ3v) is 5.13. The highest BCUT2D eigenvalue weighted by molar-refractivity contribution is 5.60. The molecule has 3 heteroatoms. The largest absolute Gasteiger partial charge is 0.495 e. The van der Waals surface area contributed by atoms with Crippen LogP contribution < -0.4 is 15.4 Å². The van der Waals surface area contributed by atoms with Crippen molar-refractivity contribution in [3.05, 3.63) is 24.3 Å². The van der Waals surface area contributed by atoms with E-state index in [4.69, 9.17) is 10.5 Å². The first kappa shape index (κ1) is 15.2. The molecular weight excluding hydrogens is 248 g/mol. The summed E-state index contributed by atoms with van der Waals surface area (Å²) in [6.07, 6.45) is 6.26. The number of likely N-dealkylation sites (N-methyl/N-ethyl adjacent to an activating group) is 1. The second-order valence-corrected chi connectivity index (χ2v) is 5.89. The lowest BCUT2D eigenvalue weighted by Gasteiger charge is -2.50. The minimum atomic E-state index is 0.0711. The summed E-state index contributed by atoms with van der Waals surface area (Å²) < 4.78 is 5.53. The molecule has 2 N–H and O–H groups in total. The highest BCUT2D eigenvalue weighted by atomic mass is 16.5. The average Bonchev–Trinajstić information content (AvgIpc) is 2.53. The number of para-hydroxylation sites is 2. The topological polar surface area (TPSA) is 38.5 Å². The Labute approximate surface area is 123 Å². The Kier molecular flexibility index (Phi) is 4.92. The van der Waals surface area contributed by atoms with Crippen LogP contribution in [0.4, 0.5) is 5.69 Å². The molecule has 2 rings (SSSR count). The van der Waals surface area contributed by atoms with Crippen LogP contribution >= 0.6 is 0 Å². The van der Waals surface area contributed by atoms with E-state index in [2.05, 4.69) is 31.0 Å². The van der Waals surface area contributed by atoms with Crippen LogP contribution in [0.1, 0.15) is 39.0 Å². The lowest BCUT2D eigenvalue weighted by Crippen LogP contribution is -2.58. The van der Waals surface area contributed by atoms with Gasteiger partial charge >= 0.3 is 0 Å². The monoisotopic (exact) mass is 276 g/mol. The Balaban J connectivity index is 2.39. The van der Waals surface area contributed by atoms with E-state index in [1.165, 1.54) is 32.1 Å². The first-order chi connectivity index (χ1) is 9.69. The third kappa shape index (κ3) is 2.51. The minimum Gasteiger partial charge on any atom is -0.495 e. The molecule has 0 saturated heterocycles. The van der Waals surface area contributed by atoms with Gasteiger partial charge in [-0.2, -0.15) is 0 Å². The van der Waals surface area contributed by atoms with Gasteiger partial charge in [-0.3, -0.25) is 0 Å². The summed E-state index contributed by atoms with van der Waals surface area (Å²) >= 11 is 0. The lowest BCUT2D eigenvalue weighted by atomic mass is 9.70. The van der Waals surface area contributed by atoms with Gasteiger partial charge in [-0.05, 0) is 30.9 Å².